The van der Waals surface area contributed by atoms with Crippen molar-refractivity contribution < 1.29 is 0 Å². The van der Waals surface area contributed by atoms with E-state index in [0.29, 0.717) is 4.64 Å². The molecular formula is C16H11N3S. The largest absolute Gasteiger partial charge is 0.290 e. The summed E-state index contributed by atoms with van der Waals surface area (Å²) in [7, 11) is 0. The van der Waals surface area contributed by atoms with E-state index < -0.39 is 0 Å². The van der Waals surface area contributed by atoms with Crippen LogP contribution in [0.25, 0.3) is 27.5 Å². The van der Waals surface area contributed by atoms with Crippen molar-refractivity contribution in [3.05, 3.63) is 65.4 Å². The zero-order valence-corrected chi connectivity index (χ0v) is 11.4. The molecule has 3 nitrogen and oxygen atoms in total. The number of hydrogen-bond acceptors (Lipinski definition) is 2. The molecule has 1 N–H and O–H groups in total. The van der Waals surface area contributed by atoms with E-state index in [0.717, 1.165) is 27.5 Å². The van der Waals surface area contributed by atoms with Crippen LogP contribution in [-0.4, -0.2) is 14.8 Å². The van der Waals surface area contributed by atoms with Crippen LogP contribution >= 0.6 is 12.2 Å². The molecule has 2 aromatic heterocycles. The standard InChI is InChI=1S/C16H11N3S/c20-16-15-14(13-9-5-4-6-11(13)10-17-15)18-19(16)12-7-2-1-3-8-12/h1-10,18H. The Morgan fingerprint density at radius 1 is 0.950 bits per heavy atom. The van der Waals surface area contributed by atoms with E-state index in [4.69, 9.17) is 12.2 Å². The maximum atomic E-state index is 5.54. The summed E-state index contributed by atoms with van der Waals surface area (Å²) in [5, 5.41) is 5.62. The molecule has 0 radical (unpaired) electrons. The van der Waals surface area contributed by atoms with Gasteiger partial charge in [-0.25, -0.2) is 4.68 Å². The molecule has 2 heterocycles. The number of nitrogens with one attached hydrogen (secondary N) is 1. The lowest BCUT2D eigenvalue weighted by Crippen LogP contribution is -1.94. The second-order valence-electron chi connectivity index (χ2n) is 4.66. The minimum atomic E-state index is 0.706. The van der Waals surface area contributed by atoms with Crippen molar-refractivity contribution in [1.29, 1.82) is 0 Å². The number of hydrogen-bond donors (Lipinski definition) is 1. The highest BCUT2D eigenvalue weighted by Crippen LogP contribution is 2.24. The summed E-state index contributed by atoms with van der Waals surface area (Å²) in [4.78, 5) is 4.50. The van der Waals surface area contributed by atoms with Gasteiger partial charge in [0.05, 0.1) is 11.2 Å². The van der Waals surface area contributed by atoms with Crippen molar-refractivity contribution in [3.63, 3.8) is 0 Å². The van der Waals surface area contributed by atoms with Gasteiger partial charge in [0.1, 0.15) is 5.52 Å². The molecule has 0 spiro atoms. The number of benzene rings is 2. The van der Waals surface area contributed by atoms with E-state index in [1.165, 1.54) is 0 Å². The Kier molecular flexibility index (Phi) is 2.44. The number of aromatic nitrogens is 3. The number of H-pyrrole nitrogens is 1. The Morgan fingerprint density at radius 2 is 1.70 bits per heavy atom. The van der Waals surface area contributed by atoms with Gasteiger partial charge in [-0.15, -0.1) is 0 Å². The van der Waals surface area contributed by atoms with Crippen molar-refractivity contribution >= 4 is 34.0 Å². The predicted octanol–water partition coefficient (Wildman–Crippen LogP) is 4.24. The fraction of sp³-hybridized carbons (Fsp3) is 0. The van der Waals surface area contributed by atoms with Gasteiger partial charge < -0.3 is 0 Å². The minimum Gasteiger partial charge on any atom is -0.290 e. The predicted molar refractivity (Wildman–Crippen MR) is 83.8 cm³/mol. The van der Waals surface area contributed by atoms with E-state index in [1.54, 1.807) is 0 Å². The number of nitrogens with zero attached hydrogens (tertiary/aromatic N) is 2. The van der Waals surface area contributed by atoms with Crippen molar-refractivity contribution in [3.8, 4) is 5.69 Å². The average Bonchev–Trinajstić information content (AvgIpc) is 2.86. The Morgan fingerprint density at radius 3 is 2.55 bits per heavy atom. The lowest BCUT2D eigenvalue weighted by atomic mass is 10.1. The van der Waals surface area contributed by atoms with Crippen LogP contribution in [0.5, 0.6) is 0 Å². The summed E-state index contributed by atoms with van der Waals surface area (Å²) in [5.74, 6) is 0. The molecule has 20 heavy (non-hydrogen) atoms. The first-order valence-electron chi connectivity index (χ1n) is 6.38. The summed E-state index contributed by atoms with van der Waals surface area (Å²) < 4.78 is 2.61. The number of rotatable bonds is 1. The molecule has 96 valence electrons. The minimum absolute atomic E-state index is 0.706. The van der Waals surface area contributed by atoms with Crippen molar-refractivity contribution in [2.45, 2.75) is 0 Å². The van der Waals surface area contributed by atoms with Crippen LogP contribution in [0.3, 0.4) is 0 Å². The zero-order valence-electron chi connectivity index (χ0n) is 10.6. The van der Waals surface area contributed by atoms with Gasteiger partial charge in [0, 0.05) is 17.0 Å². The van der Waals surface area contributed by atoms with Crippen molar-refractivity contribution in [2.75, 3.05) is 0 Å². The molecule has 0 aliphatic carbocycles. The molecule has 0 amide bonds. The normalized spacial score (nSPS) is 11.2. The Bertz CT molecular complexity index is 967. The lowest BCUT2D eigenvalue weighted by Gasteiger charge is -2.01. The topological polar surface area (TPSA) is 33.6 Å². The zero-order chi connectivity index (χ0) is 13.5. The fourth-order valence-electron chi connectivity index (χ4n) is 2.47. The second kappa shape index (κ2) is 4.28. The Balaban J connectivity index is 2.13. The molecule has 4 aromatic rings. The van der Waals surface area contributed by atoms with Gasteiger partial charge in [-0.3, -0.25) is 10.1 Å². The second-order valence-corrected chi connectivity index (χ2v) is 5.04. The van der Waals surface area contributed by atoms with E-state index in [-0.39, 0.29) is 0 Å². The lowest BCUT2D eigenvalue weighted by molar-refractivity contribution is 0.885. The number of para-hydroxylation sites is 1. The number of fused-ring (bicyclic) bond motifs is 3. The van der Waals surface area contributed by atoms with Gasteiger partial charge in [-0.1, -0.05) is 54.7 Å². The van der Waals surface area contributed by atoms with Gasteiger partial charge in [-0.2, -0.15) is 0 Å². The highest BCUT2D eigenvalue weighted by Gasteiger charge is 2.09. The summed E-state index contributed by atoms with van der Waals surface area (Å²) in [5.41, 5.74) is 2.83. The molecule has 0 atom stereocenters. The van der Waals surface area contributed by atoms with E-state index in [1.807, 2.05) is 53.3 Å². The van der Waals surface area contributed by atoms with Gasteiger partial charge in [-0.05, 0) is 12.1 Å². The molecule has 4 rings (SSSR count). The van der Waals surface area contributed by atoms with Gasteiger partial charge in [0.15, 0.2) is 4.64 Å². The first-order chi connectivity index (χ1) is 9.84. The van der Waals surface area contributed by atoms with Crippen LogP contribution in [0.2, 0.25) is 0 Å². The quantitative estimate of drug-likeness (QED) is 0.528. The van der Waals surface area contributed by atoms with Crippen LogP contribution in [0.15, 0.2) is 60.8 Å². The molecule has 0 saturated carbocycles. The average molecular weight is 277 g/mol. The highest BCUT2D eigenvalue weighted by atomic mass is 32.1. The summed E-state index contributed by atoms with van der Waals surface area (Å²) in [6.45, 7) is 0. The van der Waals surface area contributed by atoms with Gasteiger partial charge in [0.2, 0.25) is 0 Å². The number of aromatic amines is 1. The molecule has 0 fully saturated rings. The summed E-state index contributed by atoms with van der Waals surface area (Å²) in [6.07, 6.45) is 1.87. The molecule has 0 saturated heterocycles. The Labute approximate surface area is 120 Å². The molecule has 0 aliphatic heterocycles. The first-order valence-corrected chi connectivity index (χ1v) is 6.79. The molecule has 4 heteroatoms. The van der Waals surface area contributed by atoms with E-state index >= 15 is 0 Å². The van der Waals surface area contributed by atoms with E-state index in [9.17, 15) is 0 Å². The Hall–Kier alpha value is -2.46. The molecule has 2 aromatic carbocycles. The van der Waals surface area contributed by atoms with Crippen molar-refractivity contribution in [2.24, 2.45) is 0 Å². The molecule has 0 bridgehead atoms. The maximum Gasteiger partial charge on any atom is 0.153 e. The first kappa shape index (κ1) is 11.4. The van der Waals surface area contributed by atoms with Crippen LogP contribution in [0, 0.1) is 4.64 Å². The smallest absolute Gasteiger partial charge is 0.153 e. The van der Waals surface area contributed by atoms with Crippen LogP contribution in [0.1, 0.15) is 0 Å². The third-order valence-corrected chi connectivity index (χ3v) is 3.82. The summed E-state index contributed by atoms with van der Waals surface area (Å²) >= 11 is 5.54. The SMILES string of the molecule is S=c1c2ncc3ccccc3c2[nH]n1-c1ccccc1. The highest BCUT2D eigenvalue weighted by molar-refractivity contribution is 7.71. The monoisotopic (exact) mass is 277 g/mol. The van der Waals surface area contributed by atoms with Crippen LogP contribution < -0.4 is 0 Å². The van der Waals surface area contributed by atoms with Crippen molar-refractivity contribution in [1.82, 2.24) is 14.8 Å². The molecule has 0 unspecified atom stereocenters. The number of pyridine rings is 1. The van der Waals surface area contributed by atoms with Crippen LogP contribution in [-0.2, 0) is 0 Å². The fourth-order valence-corrected chi connectivity index (χ4v) is 2.77. The third-order valence-electron chi connectivity index (χ3n) is 3.44. The van der Waals surface area contributed by atoms with E-state index in [2.05, 4.69) is 22.2 Å². The van der Waals surface area contributed by atoms with Gasteiger partial charge in [0.25, 0.3) is 0 Å². The molecule has 0 aliphatic rings. The van der Waals surface area contributed by atoms with Gasteiger partial charge >= 0.3 is 0 Å². The van der Waals surface area contributed by atoms with Crippen LogP contribution in [0.4, 0.5) is 0 Å². The maximum absolute atomic E-state index is 5.54. The summed E-state index contributed by atoms with van der Waals surface area (Å²) in [6, 6.07) is 18.2. The third kappa shape index (κ3) is 1.58. The molecular weight excluding hydrogens is 266 g/mol.